The van der Waals surface area contributed by atoms with Crippen molar-refractivity contribution >= 4 is 34.7 Å². The lowest BCUT2D eigenvalue weighted by Crippen LogP contribution is -2.04. The SMILES string of the molecule is COc1ccccc1Nc1cnnc(Nc2cc(Cl)ccc2OC)n1. The first-order chi connectivity index (χ1) is 12.2. The molecule has 0 spiro atoms. The van der Waals surface area contributed by atoms with Gasteiger partial charge < -0.3 is 20.1 Å². The molecule has 0 unspecified atom stereocenters. The number of para-hydroxylation sites is 2. The number of nitrogens with zero attached hydrogens (tertiary/aromatic N) is 3. The fraction of sp³-hybridized carbons (Fsp3) is 0.118. The second kappa shape index (κ2) is 7.67. The average molecular weight is 358 g/mol. The Balaban J connectivity index is 1.84. The van der Waals surface area contributed by atoms with Gasteiger partial charge in [0.15, 0.2) is 5.82 Å². The van der Waals surface area contributed by atoms with Crippen molar-refractivity contribution in [3.05, 3.63) is 53.7 Å². The number of aromatic nitrogens is 3. The summed E-state index contributed by atoms with van der Waals surface area (Å²) in [6.07, 6.45) is 1.52. The number of methoxy groups -OCH3 is 2. The maximum Gasteiger partial charge on any atom is 0.249 e. The predicted molar refractivity (Wildman–Crippen MR) is 97.4 cm³/mol. The second-order valence-electron chi connectivity index (χ2n) is 4.96. The normalized spacial score (nSPS) is 10.2. The van der Waals surface area contributed by atoms with Crippen molar-refractivity contribution in [3.63, 3.8) is 0 Å². The molecule has 1 aromatic heterocycles. The molecule has 2 N–H and O–H groups in total. The van der Waals surface area contributed by atoms with E-state index in [0.29, 0.717) is 34.0 Å². The zero-order chi connectivity index (χ0) is 17.6. The van der Waals surface area contributed by atoms with E-state index >= 15 is 0 Å². The number of anilines is 4. The van der Waals surface area contributed by atoms with Crippen LogP contribution in [0, 0.1) is 0 Å². The molecule has 0 saturated carbocycles. The van der Waals surface area contributed by atoms with E-state index in [1.807, 2.05) is 24.3 Å². The molecule has 0 amide bonds. The zero-order valence-corrected chi connectivity index (χ0v) is 14.4. The minimum absolute atomic E-state index is 0.306. The fourth-order valence-electron chi connectivity index (χ4n) is 2.20. The minimum Gasteiger partial charge on any atom is -0.495 e. The number of hydrogen-bond acceptors (Lipinski definition) is 7. The van der Waals surface area contributed by atoms with E-state index in [1.54, 1.807) is 32.4 Å². The Morgan fingerprint density at radius 1 is 0.920 bits per heavy atom. The van der Waals surface area contributed by atoms with Crippen LogP contribution in [0.2, 0.25) is 5.02 Å². The highest BCUT2D eigenvalue weighted by molar-refractivity contribution is 6.31. The van der Waals surface area contributed by atoms with Gasteiger partial charge in [0.2, 0.25) is 5.95 Å². The highest BCUT2D eigenvalue weighted by Gasteiger charge is 2.08. The van der Waals surface area contributed by atoms with Crippen molar-refractivity contribution in [2.24, 2.45) is 0 Å². The highest BCUT2D eigenvalue weighted by Crippen LogP contribution is 2.30. The van der Waals surface area contributed by atoms with Crippen LogP contribution in [-0.4, -0.2) is 29.4 Å². The quantitative estimate of drug-likeness (QED) is 0.689. The van der Waals surface area contributed by atoms with Crippen molar-refractivity contribution in [3.8, 4) is 11.5 Å². The third-order valence-corrected chi connectivity index (χ3v) is 3.57. The van der Waals surface area contributed by atoms with E-state index in [-0.39, 0.29) is 0 Å². The molecule has 0 aliphatic heterocycles. The summed E-state index contributed by atoms with van der Waals surface area (Å²) >= 11 is 6.03. The second-order valence-corrected chi connectivity index (χ2v) is 5.40. The van der Waals surface area contributed by atoms with Crippen molar-refractivity contribution in [1.82, 2.24) is 15.2 Å². The first-order valence-corrected chi connectivity index (χ1v) is 7.77. The summed E-state index contributed by atoms with van der Waals surface area (Å²) in [4.78, 5) is 4.39. The van der Waals surface area contributed by atoms with Crippen molar-refractivity contribution in [1.29, 1.82) is 0 Å². The van der Waals surface area contributed by atoms with Crippen LogP contribution in [-0.2, 0) is 0 Å². The Morgan fingerprint density at radius 3 is 2.48 bits per heavy atom. The molecule has 25 heavy (non-hydrogen) atoms. The molecule has 0 aliphatic rings. The van der Waals surface area contributed by atoms with Gasteiger partial charge in [-0.05, 0) is 30.3 Å². The predicted octanol–water partition coefficient (Wildman–Crippen LogP) is 4.03. The van der Waals surface area contributed by atoms with Crippen molar-refractivity contribution in [2.75, 3.05) is 24.9 Å². The Labute approximate surface area is 150 Å². The van der Waals surface area contributed by atoms with Crippen LogP contribution in [0.3, 0.4) is 0 Å². The summed E-state index contributed by atoms with van der Waals surface area (Å²) in [7, 11) is 3.18. The smallest absolute Gasteiger partial charge is 0.249 e. The van der Waals surface area contributed by atoms with Crippen LogP contribution in [0.5, 0.6) is 11.5 Å². The number of benzene rings is 2. The summed E-state index contributed by atoms with van der Waals surface area (Å²) in [6, 6.07) is 12.8. The largest absolute Gasteiger partial charge is 0.495 e. The van der Waals surface area contributed by atoms with Gasteiger partial charge in [-0.1, -0.05) is 23.7 Å². The molecule has 0 fully saturated rings. The topological polar surface area (TPSA) is 81.2 Å². The van der Waals surface area contributed by atoms with Crippen LogP contribution in [0.15, 0.2) is 48.7 Å². The van der Waals surface area contributed by atoms with Gasteiger partial charge in [0.1, 0.15) is 11.5 Å². The Hall–Kier alpha value is -3.06. The third-order valence-electron chi connectivity index (χ3n) is 3.34. The molecule has 1 heterocycles. The Morgan fingerprint density at radius 2 is 1.68 bits per heavy atom. The molecule has 8 heteroatoms. The summed E-state index contributed by atoms with van der Waals surface area (Å²) in [5, 5.41) is 14.7. The molecule has 0 saturated heterocycles. The number of nitrogens with one attached hydrogen (secondary N) is 2. The molecule has 0 bridgehead atoms. The minimum atomic E-state index is 0.306. The summed E-state index contributed by atoms with van der Waals surface area (Å²) in [6.45, 7) is 0. The van der Waals surface area contributed by atoms with Crippen LogP contribution in [0.4, 0.5) is 23.1 Å². The monoisotopic (exact) mass is 357 g/mol. The molecule has 2 aromatic carbocycles. The van der Waals surface area contributed by atoms with Gasteiger partial charge in [-0.2, -0.15) is 10.1 Å². The molecule has 0 atom stereocenters. The van der Waals surface area contributed by atoms with Gasteiger partial charge in [0.05, 0.1) is 31.8 Å². The van der Waals surface area contributed by atoms with Crippen molar-refractivity contribution < 1.29 is 9.47 Å². The van der Waals surface area contributed by atoms with Crippen LogP contribution in [0.1, 0.15) is 0 Å². The lowest BCUT2D eigenvalue weighted by molar-refractivity contribution is 0.417. The maximum absolute atomic E-state index is 6.03. The summed E-state index contributed by atoms with van der Waals surface area (Å²) in [5.41, 5.74) is 1.42. The van der Waals surface area contributed by atoms with Gasteiger partial charge >= 0.3 is 0 Å². The summed E-state index contributed by atoms with van der Waals surface area (Å²) in [5.74, 6) is 2.15. The number of ether oxygens (including phenoxy) is 2. The Bertz CT molecular complexity index is 875. The highest BCUT2D eigenvalue weighted by atomic mass is 35.5. The number of hydrogen-bond donors (Lipinski definition) is 2. The van der Waals surface area contributed by atoms with Crippen LogP contribution >= 0.6 is 11.6 Å². The standard InChI is InChI=1S/C17H16ClN5O2/c1-24-14-6-4-3-5-12(14)20-16-10-19-23-17(22-16)21-13-9-11(18)7-8-15(13)25-2/h3-10H,1-2H3,(H2,20,21,22,23). The van der Waals surface area contributed by atoms with Gasteiger partial charge in [-0.15, -0.1) is 5.10 Å². The van der Waals surface area contributed by atoms with E-state index in [0.717, 1.165) is 5.69 Å². The molecule has 3 rings (SSSR count). The van der Waals surface area contributed by atoms with Gasteiger partial charge in [0.25, 0.3) is 0 Å². The van der Waals surface area contributed by atoms with Crippen molar-refractivity contribution in [2.45, 2.75) is 0 Å². The third kappa shape index (κ3) is 4.07. The van der Waals surface area contributed by atoms with E-state index in [2.05, 4.69) is 25.8 Å². The van der Waals surface area contributed by atoms with Crippen LogP contribution < -0.4 is 20.1 Å². The van der Waals surface area contributed by atoms with E-state index in [1.165, 1.54) is 6.20 Å². The maximum atomic E-state index is 6.03. The molecular formula is C17H16ClN5O2. The molecule has 128 valence electrons. The van der Waals surface area contributed by atoms with Crippen LogP contribution in [0.25, 0.3) is 0 Å². The lowest BCUT2D eigenvalue weighted by atomic mass is 10.3. The van der Waals surface area contributed by atoms with E-state index in [4.69, 9.17) is 21.1 Å². The zero-order valence-electron chi connectivity index (χ0n) is 13.7. The average Bonchev–Trinajstić information content (AvgIpc) is 2.63. The molecule has 3 aromatic rings. The molecule has 0 aliphatic carbocycles. The van der Waals surface area contributed by atoms with E-state index < -0.39 is 0 Å². The Kier molecular flexibility index (Phi) is 5.15. The fourth-order valence-corrected chi connectivity index (χ4v) is 2.37. The number of halogens is 1. The first-order valence-electron chi connectivity index (χ1n) is 7.40. The van der Waals surface area contributed by atoms with Gasteiger partial charge in [0, 0.05) is 5.02 Å². The molecule has 7 nitrogen and oxygen atoms in total. The van der Waals surface area contributed by atoms with Gasteiger partial charge in [-0.25, -0.2) is 0 Å². The molecular weight excluding hydrogens is 342 g/mol. The first kappa shape index (κ1) is 16.8. The van der Waals surface area contributed by atoms with E-state index in [9.17, 15) is 0 Å². The lowest BCUT2D eigenvalue weighted by Gasteiger charge is -2.12. The molecule has 0 radical (unpaired) electrons. The van der Waals surface area contributed by atoms with Gasteiger partial charge in [-0.3, -0.25) is 0 Å². The summed E-state index contributed by atoms with van der Waals surface area (Å²) < 4.78 is 10.6. The number of rotatable bonds is 6.